The van der Waals surface area contributed by atoms with E-state index in [4.69, 9.17) is 16.6 Å². The molecule has 0 aromatic carbocycles. The van der Waals surface area contributed by atoms with Gasteiger partial charge in [0.15, 0.2) is 0 Å². The van der Waals surface area contributed by atoms with E-state index in [-0.39, 0.29) is 12.0 Å². The number of terminal acetylenes is 1. The lowest BCUT2D eigenvalue weighted by molar-refractivity contribution is -0.135. The van der Waals surface area contributed by atoms with Crippen LogP contribution >= 0.6 is 0 Å². The second-order valence-electron chi connectivity index (χ2n) is 1.69. The smallest absolute Gasteiger partial charge is 0.332 e. The molecular weight excluding hydrogens is 148 g/mol. The zero-order valence-corrected chi connectivity index (χ0v) is 5.57. The average Bonchev–Trinajstić information content (AvgIpc) is 1.86. The van der Waals surface area contributed by atoms with Crippen molar-refractivity contribution >= 4 is 11.9 Å². The van der Waals surface area contributed by atoms with Crippen LogP contribution in [0.5, 0.6) is 0 Å². The molecule has 0 aromatic heterocycles. The van der Waals surface area contributed by atoms with Crippen molar-refractivity contribution in [2.75, 3.05) is 0 Å². The monoisotopic (exact) mass is 154 g/mol. The molecule has 0 aliphatic heterocycles. The third-order valence-corrected chi connectivity index (χ3v) is 0.865. The Morgan fingerprint density at radius 3 is 2.27 bits per heavy atom. The van der Waals surface area contributed by atoms with Crippen LogP contribution in [0.25, 0.3) is 0 Å². The van der Waals surface area contributed by atoms with Crippen molar-refractivity contribution in [3.05, 3.63) is 11.6 Å². The molecule has 0 aromatic rings. The first-order valence-electron chi connectivity index (χ1n) is 2.68. The summed E-state index contributed by atoms with van der Waals surface area (Å²) in [7, 11) is 0. The topological polar surface area (TPSA) is 74.6 Å². The Morgan fingerprint density at radius 2 is 2.00 bits per heavy atom. The Labute approximate surface area is 63.2 Å². The largest absolute Gasteiger partial charge is 0.478 e. The van der Waals surface area contributed by atoms with Gasteiger partial charge in [0.25, 0.3) is 0 Å². The van der Waals surface area contributed by atoms with Gasteiger partial charge < -0.3 is 10.2 Å². The normalized spacial score (nSPS) is 10.3. The second-order valence-corrected chi connectivity index (χ2v) is 1.69. The van der Waals surface area contributed by atoms with Crippen molar-refractivity contribution in [2.24, 2.45) is 0 Å². The molecule has 11 heavy (non-hydrogen) atoms. The highest BCUT2D eigenvalue weighted by Gasteiger charge is 2.06. The van der Waals surface area contributed by atoms with Crippen molar-refractivity contribution in [3.63, 3.8) is 0 Å². The quantitative estimate of drug-likeness (QED) is 0.446. The third-order valence-electron chi connectivity index (χ3n) is 0.865. The lowest BCUT2D eigenvalue weighted by atomic mass is 10.2. The molecule has 2 N–H and O–H groups in total. The van der Waals surface area contributed by atoms with Crippen molar-refractivity contribution in [1.82, 2.24) is 0 Å². The number of hydrogen-bond acceptors (Lipinski definition) is 2. The molecule has 0 aliphatic carbocycles. The summed E-state index contributed by atoms with van der Waals surface area (Å²) in [4.78, 5) is 20.2. The molecule has 0 aliphatic rings. The fourth-order valence-electron chi connectivity index (χ4n) is 0.447. The summed E-state index contributed by atoms with van der Waals surface area (Å²) in [5.74, 6) is -0.566. The van der Waals surface area contributed by atoms with E-state index in [1.54, 1.807) is 0 Å². The number of hydrogen-bond donors (Lipinski definition) is 2. The SMILES string of the molecule is C#CC/C(=C\C(=O)O)C(=O)O. The Morgan fingerprint density at radius 1 is 1.45 bits per heavy atom. The fourth-order valence-corrected chi connectivity index (χ4v) is 0.447. The third kappa shape index (κ3) is 3.76. The van der Waals surface area contributed by atoms with Gasteiger partial charge in [-0.15, -0.1) is 12.3 Å². The van der Waals surface area contributed by atoms with Gasteiger partial charge >= 0.3 is 11.9 Å². The molecule has 0 rings (SSSR count). The van der Waals surface area contributed by atoms with Crippen LogP contribution in [0.3, 0.4) is 0 Å². The van der Waals surface area contributed by atoms with Crippen molar-refractivity contribution in [3.8, 4) is 12.3 Å². The van der Waals surface area contributed by atoms with E-state index in [1.165, 1.54) is 0 Å². The van der Waals surface area contributed by atoms with Gasteiger partial charge in [0.2, 0.25) is 0 Å². The van der Waals surface area contributed by atoms with E-state index in [9.17, 15) is 9.59 Å². The van der Waals surface area contributed by atoms with Gasteiger partial charge in [0, 0.05) is 12.5 Å². The van der Waals surface area contributed by atoms with E-state index in [0.29, 0.717) is 6.08 Å². The van der Waals surface area contributed by atoms with Crippen molar-refractivity contribution in [2.45, 2.75) is 6.42 Å². The fraction of sp³-hybridized carbons (Fsp3) is 0.143. The maximum Gasteiger partial charge on any atom is 0.332 e. The maximum atomic E-state index is 10.2. The molecule has 0 amide bonds. The summed E-state index contributed by atoms with van der Waals surface area (Å²) in [6, 6.07) is 0. The molecule has 58 valence electrons. The number of carbonyl (C=O) groups is 2. The first-order valence-corrected chi connectivity index (χ1v) is 2.68. The molecule has 0 bridgehead atoms. The minimum absolute atomic E-state index is 0.179. The van der Waals surface area contributed by atoms with Crippen LogP contribution in [0.15, 0.2) is 11.6 Å². The van der Waals surface area contributed by atoms with Gasteiger partial charge in [-0.05, 0) is 0 Å². The van der Waals surface area contributed by atoms with Crippen LogP contribution in [0, 0.1) is 12.3 Å². The molecule has 4 heteroatoms. The zero-order chi connectivity index (χ0) is 8.85. The van der Waals surface area contributed by atoms with Crippen molar-refractivity contribution in [1.29, 1.82) is 0 Å². The number of carboxylic acids is 2. The molecule has 0 heterocycles. The molecule has 0 atom stereocenters. The second kappa shape index (κ2) is 4.12. The van der Waals surface area contributed by atoms with Crippen LogP contribution in [0.1, 0.15) is 6.42 Å². The molecule has 0 fully saturated rings. The summed E-state index contributed by atoms with van der Waals surface area (Å²) < 4.78 is 0. The maximum absolute atomic E-state index is 10.2. The van der Waals surface area contributed by atoms with E-state index >= 15 is 0 Å². The van der Waals surface area contributed by atoms with E-state index in [1.807, 2.05) is 5.92 Å². The van der Waals surface area contributed by atoms with E-state index in [2.05, 4.69) is 0 Å². The van der Waals surface area contributed by atoms with Gasteiger partial charge in [-0.2, -0.15) is 0 Å². The summed E-state index contributed by atoms with van der Waals surface area (Å²) in [6.45, 7) is 0. The zero-order valence-electron chi connectivity index (χ0n) is 5.57. The minimum atomic E-state index is -1.31. The standard InChI is InChI=1S/C7H6O4/c1-2-3-5(7(10)11)4-6(8)9/h1,4H,3H2,(H,8,9)(H,10,11)/b5-4+. The van der Waals surface area contributed by atoms with Gasteiger partial charge in [-0.3, -0.25) is 0 Å². The Hall–Kier alpha value is -1.76. The molecule has 0 saturated carbocycles. The average molecular weight is 154 g/mol. The molecule has 0 saturated heterocycles. The lowest BCUT2D eigenvalue weighted by Crippen LogP contribution is -2.03. The van der Waals surface area contributed by atoms with Gasteiger partial charge in [-0.1, -0.05) is 0 Å². The van der Waals surface area contributed by atoms with Gasteiger partial charge in [0.05, 0.1) is 5.57 Å². The van der Waals surface area contributed by atoms with Crippen LogP contribution in [0.2, 0.25) is 0 Å². The Bertz CT molecular complexity index is 244. The number of aliphatic carboxylic acids is 2. The van der Waals surface area contributed by atoms with Crippen molar-refractivity contribution < 1.29 is 19.8 Å². The number of rotatable bonds is 3. The van der Waals surface area contributed by atoms with E-state index < -0.39 is 11.9 Å². The first kappa shape index (κ1) is 9.24. The summed E-state index contributed by atoms with van der Waals surface area (Å²) >= 11 is 0. The van der Waals surface area contributed by atoms with Crippen LogP contribution in [-0.2, 0) is 9.59 Å². The minimum Gasteiger partial charge on any atom is -0.478 e. The van der Waals surface area contributed by atoms with Crippen LogP contribution in [-0.4, -0.2) is 22.2 Å². The first-order chi connectivity index (χ1) is 5.07. The highest BCUT2D eigenvalue weighted by Crippen LogP contribution is 1.99. The lowest BCUT2D eigenvalue weighted by Gasteiger charge is -1.92. The highest BCUT2D eigenvalue weighted by atomic mass is 16.4. The van der Waals surface area contributed by atoms with Gasteiger partial charge in [0.1, 0.15) is 0 Å². The molecule has 4 nitrogen and oxygen atoms in total. The Balaban J connectivity index is 4.49. The van der Waals surface area contributed by atoms with Gasteiger partial charge in [-0.25, -0.2) is 9.59 Å². The molecule has 0 unspecified atom stereocenters. The van der Waals surface area contributed by atoms with Crippen LogP contribution < -0.4 is 0 Å². The summed E-state index contributed by atoms with van der Waals surface area (Å²) in [6.07, 6.45) is 5.20. The Kier molecular flexibility index (Phi) is 3.46. The highest BCUT2D eigenvalue weighted by molar-refractivity contribution is 5.94. The predicted molar refractivity (Wildman–Crippen MR) is 36.8 cm³/mol. The molecule has 0 spiro atoms. The van der Waals surface area contributed by atoms with Crippen LogP contribution in [0.4, 0.5) is 0 Å². The summed E-state index contributed by atoms with van der Waals surface area (Å²) in [5.41, 5.74) is -0.292. The predicted octanol–water partition coefficient (Wildman–Crippen LogP) is 0.105. The van der Waals surface area contributed by atoms with E-state index in [0.717, 1.165) is 0 Å². The molecular formula is C7H6O4. The summed E-state index contributed by atoms with van der Waals surface area (Å²) in [5, 5.41) is 16.5. The number of carboxylic acid groups (broad SMARTS) is 2. The molecule has 0 radical (unpaired) electrons.